The van der Waals surface area contributed by atoms with Gasteiger partial charge in [0, 0.05) is 6.04 Å². The highest BCUT2D eigenvalue weighted by molar-refractivity contribution is 5.01. The maximum atomic E-state index is 2.46. The zero-order chi connectivity index (χ0) is 13.1. The van der Waals surface area contributed by atoms with Crippen molar-refractivity contribution in [3.05, 3.63) is 11.6 Å². The first-order valence-electron chi connectivity index (χ1n) is 7.47. The lowest BCUT2D eigenvalue weighted by molar-refractivity contribution is 0.277. The van der Waals surface area contributed by atoms with E-state index in [1.54, 1.807) is 0 Å². The molecule has 0 radical (unpaired) electrons. The second-order valence-corrected chi connectivity index (χ2v) is 5.44. The first-order chi connectivity index (χ1) is 8.11. The van der Waals surface area contributed by atoms with E-state index in [0.29, 0.717) is 6.04 Å². The molecule has 0 rings (SSSR count). The molecule has 0 amide bonds. The van der Waals surface area contributed by atoms with Crippen molar-refractivity contribution in [3.63, 3.8) is 0 Å². The lowest BCUT2D eigenvalue weighted by atomic mass is 10.0. The van der Waals surface area contributed by atoms with Crippen LogP contribution < -0.4 is 0 Å². The molecule has 0 aliphatic carbocycles. The Balaban J connectivity index is 3.81. The number of nitrogens with zero attached hydrogens (tertiary/aromatic N) is 1. The highest BCUT2D eigenvalue weighted by Crippen LogP contribution is 2.13. The predicted octanol–water partition coefficient (Wildman–Crippen LogP) is 5.02. The van der Waals surface area contributed by atoms with Crippen molar-refractivity contribution in [1.29, 1.82) is 0 Å². The molecule has 1 atom stereocenters. The van der Waals surface area contributed by atoms with Crippen LogP contribution in [0, 0.1) is 0 Å². The van der Waals surface area contributed by atoms with E-state index in [4.69, 9.17) is 0 Å². The summed E-state index contributed by atoms with van der Waals surface area (Å²) in [4.78, 5) is 2.46. The van der Waals surface area contributed by atoms with E-state index in [0.717, 1.165) is 6.54 Å². The fourth-order valence-corrected chi connectivity index (χ4v) is 2.18. The van der Waals surface area contributed by atoms with Crippen LogP contribution >= 0.6 is 0 Å². The number of likely N-dealkylation sites (N-methyl/N-ethyl adjacent to an activating group) is 1. The summed E-state index contributed by atoms with van der Waals surface area (Å²) in [6.45, 7) is 10.1. The highest BCUT2D eigenvalue weighted by Gasteiger charge is 2.09. The van der Waals surface area contributed by atoms with Gasteiger partial charge in [-0.05, 0) is 33.9 Å². The molecule has 0 bridgehead atoms. The number of hydrogen-bond donors (Lipinski definition) is 0. The van der Waals surface area contributed by atoms with Gasteiger partial charge in [0.2, 0.25) is 0 Å². The van der Waals surface area contributed by atoms with Crippen LogP contribution in [0.15, 0.2) is 11.6 Å². The summed E-state index contributed by atoms with van der Waals surface area (Å²) in [5, 5.41) is 0. The van der Waals surface area contributed by atoms with Crippen LogP contribution in [0.1, 0.15) is 72.6 Å². The van der Waals surface area contributed by atoms with Gasteiger partial charge in [0.25, 0.3) is 0 Å². The Kier molecular flexibility index (Phi) is 10.6. The Bertz CT molecular complexity index is 192. The molecule has 0 saturated heterocycles. The van der Waals surface area contributed by atoms with Crippen molar-refractivity contribution in [2.75, 3.05) is 13.6 Å². The molecule has 0 aromatic rings. The van der Waals surface area contributed by atoms with E-state index in [9.17, 15) is 0 Å². The minimum absolute atomic E-state index is 0.649. The molecule has 0 fully saturated rings. The van der Waals surface area contributed by atoms with Crippen LogP contribution in [0.4, 0.5) is 0 Å². The largest absolute Gasteiger partial charge is 0.300 e. The van der Waals surface area contributed by atoms with E-state index in [1.807, 2.05) is 0 Å². The van der Waals surface area contributed by atoms with Crippen molar-refractivity contribution >= 4 is 0 Å². The molecule has 1 unspecified atom stereocenters. The monoisotopic (exact) mass is 239 g/mol. The second-order valence-electron chi connectivity index (χ2n) is 5.44. The summed E-state index contributed by atoms with van der Waals surface area (Å²) in [5.74, 6) is 0. The molecule has 0 saturated carbocycles. The Morgan fingerprint density at radius 1 is 1.00 bits per heavy atom. The van der Waals surface area contributed by atoms with E-state index in [1.165, 1.54) is 50.5 Å². The van der Waals surface area contributed by atoms with Crippen LogP contribution in [0.2, 0.25) is 0 Å². The van der Waals surface area contributed by atoms with Gasteiger partial charge in [-0.1, -0.05) is 64.0 Å². The third-order valence-corrected chi connectivity index (χ3v) is 3.44. The van der Waals surface area contributed by atoms with Crippen LogP contribution in [0.3, 0.4) is 0 Å². The van der Waals surface area contributed by atoms with Crippen molar-refractivity contribution in [2.24, 2.45) is 0 Å². The topological polar surface area (TPSA) is 3.24 Å². The summed E-state index contributed by atoms with van der Waals surface area (Å²) in [6, 6.07) is 0.649. The Labute approximate surface area is 109 Å². The quantitative estimate of drug-likeness (QED) is 0.382. The van der Waals surface area contributed by atoms with Crippen molar-refractivity contribution in [3.8, 4) is 0 Å². The van der Waals surface area contributed by atoms with Gasteiger partial charge in [-0.15, -0.1) is 0 Å². The Morgan fingerprint density at radius 3 is 2.12 bits per heavy atom. The van der Waals surface area contributed by atoms with Gasteiger partial charge in [-0.25, -0.2) is 0 Å². The number of allylic oxidation sites excluding steroid dienone is 1. The molecule has 0 N–H and O–H groups in total. The van der Waals surface area contributed by atoms with Crippen LogP contribution in [0.5, 0.6) is 0 Å². The van der Waals surface area contributed by atoms with Gasteiger partial charge in [0.1, 0.15) is 0 Å². The normalized spacial score (nSPS) is 12.8. The van der Waals surface area contributed by atoms with E-state index < -0.39 is 0 Å². The van der Waals surface area contributed by atoms with Gasteiger partial charge in [-0.2, -0.15) is 0 Å². The molecular weight excluding hydrogens is 206 g/mol. The molecular formula is C16H33N. The SMILES string of the molecule is CCCCCCCCC(C=C(C)C)N(C)CC. The minimum atomic E-state index is 0.649. The molecule has 1 heteroatoms. The van der Waals surface area contributed by atoms with Gasteiger partial charge >= 0.3 is 0 Å². The zero-order valence-corrected chi connectivity index (χ0v) is 12.8. The lowest BCUT2D eigenvalue weighted by Crippen LogP contribution is -2.30. The first kappa shape index (κ1) is 16.7. The fourth-order valence-electron chi connectivity index (χ4n) is 2.18. The third-order valence-electron chi connectivity index (χ3n) is 3.44. The molecule has 0 aliphatic rings. The summed E-state index contributed by atoms with van der Waals surface area (Å²) >= 11 is 0. The van der Waals surface area contributed by atoms with Crippen molar-refractivity contribution < 1.29 is 0 Å². The molecule has 0 aromatic carbocycles. The first-order valence-corrected chi connectivity index (χ1v) is 7.47. The Hall–Kier alpha value is -0.300. The van der Waals surface area contributed by atoms with Gasteiger partial charge in [0.15, 0.2) is 0 Å². The second kappa shape index (κ2) is 10.8. The minimum Gasteiger partial charge on any atom is -0.300 e. The average Bonchev–Trinajstić information content (AvgIpc) is 2.30. The summed E-state index contributed by atoms with van der Waals surface area (Å²) in [7, 11) is 2.24. The van der Waals surface area contributed by atoms with Crippen molar-refractivity contribution in [1.82, 2.24) is 4.90 Å². The van der Waals surface area contributed by atoms with Crippen LogP contribution in [-0.4, -0.2) is 24.5 Å². The van der Waals surface area contributed by atoms with E-state index in [-0.39, 0.29) is 0 Å². The van der Waals surface area contributed by atoms with Gasteiger partial charge in [-0.3, -0.25) is 0 Å². The van der Waals surface area contributed by atoms with E-state index in [2.05, 4.69) is 45.7 Å². The number of rotatable bonds is 10. The number of unbranched alkanes of at least 4 members (excludes halogenated alkanes) is 5. The molecule has 0 aliphatic heterocycles. The molecule has 0 heterocycles. The maximum absolute atomic E-state index is 2.46. The highest BCUT2D eigenvalue weighted by atomic mass is 15.1. The summed E-state index contributed by atoms with van der Waals surface area (Å²) in [6.07, 6.45) is 12.1. The lowest BCUT2D eigenvalue weighted by Gasteiger charge is -2.24. The summed E-state index contributed by atoms with van der Waals surface area (Å²) < 4.78 is 0. The van der Waals surface area contributed by atoms with Gasteiger partial charge in [0.05, 0.1) is 0 Å². The molecule has 102 valence electrons. The summed E-state index contributed by atoms with van der Waals surface area (Å²) in [5.41, 5.74) is 1.45. The third kappa shape index (κ3) is 9.41. The smallest absolute Gasteiger partial charge is 0.0277 e. The maximum Gasteiger partial charge on any atom is 0.0277 e. The molecule has 1 nitrogen and oxygen atoms in total. The van der Waals surface area contributed by atoms with Crippen molar-refractivity contribution in [2.45, 2.75) is 78.7 Å². The molecule has 17 heavy (non-hydrogen) atoms. The predicted molar refractivity (Wildman–Crippen MR) is 79.5 cm³/mol. The van der Waals surface area contributed by atoms with Crippen LogP contribution in [0.25, 0.3) is 0 Å². The fraction of sp³-hybridized carbons (Fsp3) is 0.875. The van der Waals surface area contributed by atoms with Crippen LogP contribution in [-0.2, 0) is 0 Å². The molecule has 0 aromatic heterocycles. The standard InChI is InChI=1S/C16H33N/c1-6-8-9-10-11-12-13-16(14-15(3)4)17(5)7-2/h14,16H,6-13H2,1-5H3. The Morgan fingerprint density at radius 2 is 1.59 bits per heavy atom. The zero-order valence-electron chi connectivity index (χ0n) is 12.8. The average molecular weight is 239 g/mol. The number of hydrogen-bond acceptors (Lipinski definition) is 1. The van der Waals surface area contributed by atoms with E-state index >= 15 is 0 Å². The van der Waals surface area contributed by atoms with Gasteiger partial charge < -0.3 is 4.90 Å². The molecule has 0 spiro atoms.